The Morgan fingerprint density at radius 1 is 1.25 bits per heavy atom. The number of aliphatic hydroxyl groups excluding tert-OH is 1. The summed E-state index contributed by atoms with van der Waals surface area (Å²) in [5, 5.41) is 11.0. The molecule has 110 valence electrons. The van der Waals surface area contributed by atoms with Gasteiger partial charge in [-0.25, -0.2) is 0 Å². The van der Waals surface area contributed by atoms with E-state index in [2.05, 4.69) is 52.0 Å². The number of ether oxygens (including phenoxy) is 1. The van der Waals surface area contributed by atoms with E-state index in [0.717, 1.165) is 12.2 Å². The highest BCUT2D eigenvalue weighted by atomic mass is 32.2. The molecule has 20 heavy (non-hydrogen) atoms. The van der Waals surface area contributed by atoms with E-state index in [9.17, 15) is 5.11 Å². The molecule has 3 rings (SSSR count). The molecule has 3 unspecified atom stereocenters. The number of fused-ring (bicyclic) bond motifs is 1. The highest BCUT2D eigenvalue weighted by Gasteiger charge is 2.51. The van der Waals surface area contributed by atoms with Crippen LogP contribution in [-0.4, -0.2) is 28.2 Å². The fraction of sp³-hybridized carbons (Fsp3) is 0.647. The smallest absolute Gasteiger partial charge is 0.0687 e. The van der Waals surface area contributed by atoms with Crippen molar-refractivity contribution in [3.05, 3.63) is 29.8 Å². The molecular weight excluding hydrogens is 268 g/mol. The Hall–Kier alpha value is -0.510. The van der Waals surface area contributed by atoms with Gasteiger partial charge in [0.05, 0.1) is 17.3 Å². The minimum absolute atomic E-state index is 0.138. The standard InChI is InChI=1S/C17H24O2S/c1-16(2)9-13(17(3,4)19-16)15(18)12-10-20-14-8-6-5-7-11(12)14/h5-8,12-13,15,18H,9-10H2,1-4H3. The zero-order valence-corrected chi connectivity index (χ0v) is 13.5. The Morgan fingerprint density at radius 3 is 2.60 bits per heavy atom. The molecular formula is C17H24O2S. The van der Waals surface area contributed by atoms with Crippen molar-refractivity contribution < 1.29 is 9.84 Å². The molecule has 1 fully saturated rings. The van der Waals surface area contributed by atoms with Crippen LogP contribution >= 0.6 is 11.8 Å². The molecule has 0 aliphatic carbocycles. The zero-order chi connectivity index (χ0) is 14.5. The van der Waals surface area contributed by atoms with Gasteiger partial charge >= 0.3 is 0 Å². The lowest BCUT2D eigenvalue weighted by atomic mass is 9.77. The Morgan fingerprint density at radius 2 is 1.95 bits per heavy atom. The van der Waals surface area contributed by atoms with Crippen LogP contribution in [0.1, 0.15) is 45.6 Å². The molecule has 0 spiro atoms. The molecule has 1 aromatic carbocycles. The second kappa shape index (κ2) is 4.75. The van der Waals surface area contributed by atoms with Gasteiger partial charge in [-0.05, 0) is 45.7 Å². The molecule has 2 heterocycles. The van der Waals surface area contributed by atoms with Gasteiger partial charge in [-0.3, -0.25) is 0 Å². The molecule has 2 nitrogen and oxygen atoms in total. The average Bonchev–Trinajstić information content (AvgIpc) is 2.86. The molecule has 2 aliphatic heterocycles. The first-order valence-corrected chi connectivity index (χ1v) is 8.39. The fourth-order valence-electron chi connectivity index (χ4n) is 3.89. The molecule has 0 aromatic heterocycles. The number of thioether (sulfide) groups is 1. The second-order valence-electron chi connectivity index (χ2n) is 7.22. The number of aliphatic hydroxyl groups is 1. The van der Waals surface area contributed by atoms with E-state index in [4.69, 9.17) is 4.74 Å². The van der Waals surface area contributed by atoms with Crippen molar-refractivity contribution in [3.63, 3.8) is 0 Å². The third-order valence-electron chi connectivity index (χ3n) is 4.71. The maximum absolute atomic E-state index is 11.0. The summed E-state index contributed by atoms with van der Waals surface area (Å²) >= 11 is 1.86. The molecule has 2 aliphatic rings. The highest BCUT2D eigenvalue weighted by Crippen LogP contribution is 2.49. The minimum atomic E-state index is -0.331. The SMILES string of the molecule is CC1(C)CC(C(O)C2CSc3ccccc32)C(C)(C)O1. The van der Waals surface area contributed by atoms with Gasteiger partial charge in [0.2, 0.25) is 0 Å². The van der Waals surface area contributed by atoms with Gasteiger partial charge < -0.3 is 9.84 Å². The number of hydrogen-bond acceptors (Lipinski definition) is 3. The van der Waals surface area contributed by atoms with Crippen LogP contribution < -0.4 is 0 Å². The lowest BCUT2D eigenvalue weighted by Gasteiger charge is -2.33. The molecule has 3 heteroatoms. The van der Waals surface area contributed by atoms with E-state index < -0.39 is 0 Å². The first kappa shape index (κ1) is 14.4. The van der Waals surface area contributed by atoms with Crippen molar-refractivity contribution in [2.75, 3.05) is 5.75 Å². The van der Waals surface area contributed by atoms with Crippen LogP contribution in [0, 0.1) is 5.92 Å². The van der Waals surface area contributed by atoms with Gasteiger partial charge in [0.15, 0.2) is 0 Å². The predicted molar refractivity (Wildman–Crippen MR) is 83.3 cm³/mol. The molecule has 0 radical (unpaired) electrons. The van der Waals surface area contributed by atoms with Gasteiger partial charge in [0, 0.05) is 22.5 Å². The third kappa shape index (κ3) is 2.40. The summed E-state index contributed by atoms with van der Waals surface area (Å²) in [5.41, 5.74) is 0.913. The summed E-state index contributed by atoms with van der Waals surface area (Å²) in [6.45, 7) is 8.48. The van der Waals surface area contributed by atoms with Gasteiger partial charge in [-0.15, -0.1) is 11.8 Å². The van der Waals surface area contributed by atoms with Gasteiger partial charge in [0.25, 0.3) is 0 Å². The molecule has 0 saturated carbocycles. The maximum Gasteiger partial charge on any atom is 0.0687 e. The quantitative estimate of drug-likeness (QED) is 0.898. The lowest BCUT2D eigenvalue weighted by molar-refractivity contribution is -0.0893. The first-order chi connectivity index (χ1) is 9.30. The topological polar surface area (TPSA) is 29.5 Å². The van der Waals surface area contributed by atoms with Gasteiger partial charge in [-0.1, -0.05) is 18.2 Å². The van der Waals surface area contributed by atoms with Crippen molar-refractivity contribution in [1.29, 1.82) is 0 Å². The zero-order valence-electron chi connectivity index (χ0n) is 12.7. The average molecular weight is 292 g/mol. The molecule has 3 atom stereocenters. The van der Waals surface area contributed by atoms with E-state index in [1.165, 1.54) is 10.5 Å². The van der Waals surface area contributed by atoms with E-state index in [1.807, 2.05) is 11.8 Å². The highest BCUT2D eigenvalue weighted by molar-refractivity contribution is 7.99. The monoisotopic (exact) mass is 292 g/mol. The van der Waals surface area contributed by atoms with Crippen LogP contribution in [0.3, 0.4) is 0 Å². The summed E-state index contributed by atoms with van der Waals surface area (Å²) in [6.07, 6.45) is 0.591. The van der Waals surface area contributed by atoms with Crippen molar-refractivity contribution >= 4 is 11.8 Å². The molecule has 1 aromatic rings. The van der Waals surface area contributed by atoms with Crippen molar-refractivity contribution in [1.82, 2.24) is 0 Å². The largest absolute Gasteiger partial charge is 0.392 e. The molecule has 0 bridgehead atoms. The number of benzene rings is 1. The van der Waals surface area contributed by atoms with Crippen molar-refractivity contribution in [3.8, 4) is 0 Å². The van der Waals surface area contributed by atoms with Crippen LogP contribution in [0.2, 0.25) is 0 Å². The number of rotatable bonds is 2. The normalized spacial score (nSPS) is 32.0. The summed E-state index contributed by atoms with van der Waals surface area (Å²) in [6, 6.07) is 8.47. The van der Waals surface area contributed by atoms with Crippen LogP contribution in [0.5, 0.6) is 0 Å². The van der Waals surface area contributed by atoms with E-state index in [-0.39, 0.29) is 29.1 Å². The first-order valence-electron chi connectivity index (χ1n) is 7.40. The Bertz CT molecular complexity index is 509. The molecule has 1 saturated heterocycles. The fourth-order valence-corrected chi connectivity index (χ4v) is 5.18. The minimum Gasteiger partial charge on any atom is -0.392 e. The Kier molecular flexibility index (Phi) is 3.43. The summed E-state index contributed by atoms with van der Waals surface area (Å²) < 4.78 is 6.15. The van der Waals surface area contributed by atoms with Gasteiger partial charge in [-0.2, -0.15) is 0 Å². The third-order valence-corrected chi connectivity index (χ3v) is 5.91. The number of hydrogen-bond donors (Lipinski definition) is 1. The maximum atomic E-state index is 11.0. The van der Waals surface area contributed by atoms with Crippen molar-refractivity contribution in [2.24, 2.45) is 5.92 Å². The summed E-state index contributed by atoms with van der Waals surface area (Å²) in [5.74, 6) is 1.40. The lowest BCUT2D eigenvalue weighted by Crippen LogP contribution is -2.39. The summed E-state index contributed by atoms with van der Waals surface area (Å²) in [4.78, 5) is 1.33. The second-order valence-corrected chi connectivity index (χ2v) is 8.28. The molecule has 0 amide bonds. The van der Waals surface area contributed by atoms with Gasteiger partial charge in [0.1, 0.15) is 0 Å². The van der Waals surface area contributed by atoms with Crippen molar-refractivity contribution in [2.45, 2.75) is 62.2 Å². The van der Waals surface area contributed by atoms with E-state index in [0.29, 0.717) is 0 Å². The van der Waals surface area contributed by atoms with Crippen LogP contribution in [0.25, 0.3) is 0 Å². The molecule has 1 N–H and O–H groups in total. The van der Waals surface area contributed by atoms with E-state index in [1.54, 1.807) is 0 Å². The Balaban J connectivity index is 1.86. The summed E-state index contributed by atoms with van der Waals surface area (Å²) in [7, 11) is 0. The van der Waals surface area contributed by atoms with E-state index >= 15 is 0 Å². The predicted octanol–water partition coefficient (Wildman–Crippen LogP) is 3.83. The Labute approximate surface area is 125 Å². The van der Waals surface area contributed by atoms with Crippen LogP contribution in [-0.2, 0) is 4.74 Å². The van der Waals surface area contributed by atoms with Crippen LogP contribution in [0.4, 0.5) is 0 Å². The van der Waals surface area contributed by atoms with Crippen LogP contribution in [0.15, 0.2) is 29.2 Å².